The van der Waals surface area contributed by atoms with Crippen molar-refractivity contribution < 1.29 is 12.8 Å². The summed E-state index contributed by atoms with van der Waals surface area (Å²) in [5.41, 5.74) is 1.80. The van der Waals surface area contributed by atoms with Gasteiger partial charge in [0.25, 0.3) is 0 Å². The fraction of sp³-hybridized carbons (Fsp3) is 0.381. The van der Waals surface area contributed by atoms with Crippen LogP contribution in [0.4, 0.5) is 16.0 Å². The van der Waals surface area contributed by atoms with Crippen molar-refractivity contribution in [3.05, 3.63) is 59.4 Å². The van der Waals surface area contributed by atoms with Gasteiger partial charge < -0.3 is 5.32 Å². The predicted molar refractivity (Wildman–Crippen MR) is 115 cm³/mol. The van der Waals surface area contributed by atoms with E-state index in [1.807, 2.05) is 26.0 Å². The summed E-state index contributed by atoms with van der Waals surface area (Å²) in [6, 6.07) is 8.75. The molecule has 0 bridgehead atoms. The Hall–Kier alpha value is -2.85. The Kier molecular flexibility index (Phi) is 6.01. The van der Waals surface area contributed by atoms with Crippen LogP contribution >= 0.6 is 0 Å². The highest BCUT2D eigenvalue weighted by molar-refractivity contribution is 7.89. The molecule has 2 N–H and O–H groups in total. The molecule has 3 heterocycles. The number of rotatable bonds is 6. The number of benzene rings is 1. The Bertz CT molecular complexity index is 1160. The van der Waals surface area contributed by atoms with Gasteiger partial charge in [0.2, 0.25) is 10.0 Å². The van der Waals surface area contributed by atoms with Crippen LogP contribution in [0.2, 0.25) is 0 Å². The maximum Gasteiger partial charge on any atom is 0.243 e. The minimum Gasteiger partial charge on any atom is -0.323 e. The molecule has 1 saturated heterocycles. The van der Waals surface area contributed by atoms with Crippen molar-refractivity contribution in [1.82, 2.24) is 24.5 Å². The second-order valence-corrected chi connectivity index (χ2v) is 9.82. The minimum atomic E-state index is -3.65. The zero-order chi connectivity index (χ0) is 22.0. The number of halogens is 1. The molecule has 1 fully saturated rings. The lowest BCUT2D eigenvalue weighted by Crippen LogP contribution is -2.40. The second-order valence-electron chi connectivity index (χ2n) is 7.88. The molecule has 1 aromatic carbocycles. The molecule has 1 aliphatic heterocycles. The highest BCUT2D eigenvalue weighted by Gasteiger charge is 2.30. The van der Waals surface area contributed by atoms with E-state index in [1.165, 1.54) is 28.6 Å². The van der Waals surface area contributed by atoms with E-state index in [4.69, 9.17) is 0 Å². The normalized spacial score (nSPS) is 17.6. The summed E-state index contributed by atoms with van der Waals surface area (Å²) in [5.74, 6) is 1.65. The Morgan fingerprint density at radius 2 is 1.94 bits per heavy atom. The average Bonchev–Trinajstić information content (AvgIpc) is 3.12. The third-order valence-electron chi connectivity index (χ3n) is 5.28. The van der Waals surface area contributed by atoms with E-state index < -0.39 is 15.8 Å². The third-order valence-corrected chi connectivity index (χ3v) is 7.16. The van der Waals surface area contributed by atoms with Crippen molar-refractivity contribution >= 4 is 21.7 Å². The van der Waals surface area contributed by atoms with Gasteiger partial charge in [0.15, 0.2) is 5.82 Å². The van der Waals surface area contributed by atoms with E-state index >= 15 is 0 Å². The van der Waals surface area contributed by atoms with Crippen LogP contribution in [0, 0.1) is 25.6 Å². The topological polar surface area (TPSA) is 104 Å². The molecule has 164 valence electrons. The average molecular weight is 445 g/mol. The van der Waals surface area contributed by atoms with Gasteiger partial charge >= 0.3 is 0 Å². The summed E-state index contributed by atoms with van der Waals surface area (Å²) >= 11 is 0. The Morgan fingerprint density at radius 1 is 1.16 bits per heavy atom. The maximum atomic E-state index is 13.2. The fourth-order valence-electron chi connectivity index (χ4n) is 3.87. The molecule has 0 radical (unpaired) electrons. The summed E-state index contributed by atoms with van der Waals surface area (Å²) in [7, 11) is -3.65. The van der Waals surface area contributed by atoms with E-state index in [-0.39, 0.29) is 10.8 Å². The van der Waals surface area contributed by atoms with Gasteiger partial charge in [-0.2, -0.15) is 9.40 Å². The highest BCUT2D eigenvalue weighted by atomic mass is 32.2. The Morgan fingerprint density at radius 3 is 2.65 bits per heavy atom. The quantitative estimate of drug-likeness (QED) is 0.604. The van der Waals surface area contributed by atoms with Gasteiger partial charge in [0, 0.05) is 36.6 Å². The number of aromatic amines is 1. The van der Waals surface area contributed by atoms with Gasteiger partial charge in [-0.15, -0.1) is 0 Å². The van der Waals surface area contributed by atoms with Crippen LogP contribution < -0.4 is 5.32 Å². The molecule has 0 spiro atoms. The van der Waals surface area contributed by atoms with Crippen molar-refractivity contribution in [2.75, 3.05) is 18.4 Å². The van der Waals surface area contributed by atoms with Gasteiger partial charge in [-0.25, -0.2) is 22.8 Å². The summed E-state index contributed by atoms with van der Waals surface area (Å²) in [6.45, 7) is 4.62. The molecule has 3 aromatic rings. The van der Waals surface area contributed by atoms with Crippen molar-refractivity contribution in [1.29, 1.82) is 0 Å². The molecule has 0 saturated carbocycles. The lowest BCUT2D eigenvalue weighted by molar-refractivity contribution is 0.264. The van der Waals surface area contributed by atoms with E-state index in [9.17, 15) is 12.8 Å². The molecule has 31 heavy (non-hydrogen) atoms. The van der Waals surface area contributed by atoms with Crippen molar-refractivity contribution in [2.45, 2.75) is 38.0 Å². The van der Waals surface area contributed by atoms with Crippen molar-refractivity contribution in [3.63, 3.8) is 0 Å². The van der Waals surface area contributed by atoms with Crippen LogP contribution in [0.15, 0.2) is 41.3 Å². The molecule has 1 atom stereocenters. The monoisotopic (exact) mass is 444 g/mol. The number of aryl methyl sites for hydroxylation is 2. The number of aromatic nitrogens is 4. The predicted octanol–water partition coefficient (Wildman–Crippen LogP) is 3.34. The van der Waals surface area contributed by atoms with Gasteiger partial charge in [-0.1, -0.05) is 0 Å². The molecule has 0 aliphatic carbocycles. The van der Waals surface area contributed by atoms with Crippen molar-refractivity contribution in [2.24, 2.45) is 5.92 Å². The Balaban J connectivity index is 1.47. The first-order valence-electron chi connectivity index (χ1n) is 10.2. The zero-order valence-electron chi connectivity index (χ0n) is 17.5. The molecule has 0 amide bonds. The summed E-state index contributed by atoms with van der Waals surface area (Å²) in [5, 5.41) is 10.2. The van der Waals surface area contributed by atoms with Crippen LogP contribution in [0.25, 0.3) is 0 Å². The minimum absolute atomic E-state index is 0.119. The number of H-pyrrole nitrogens is 1. The lowest BCUT2D eigenvalue weighted by atomic mass is 9.94. The molecule has 4 rings (SSSR count). The molecular formula is C21H25FN6O2S. The number of sulfonamides is 1. The Labute approximate surface area is 181 Å². The van der Waals surface area contributed by atoms with Crippen LogP contribution in [-0.4, -0.2) is 46.0 Å². The van der Waals surface area contributed by atoms with Crippen LogP contribution in [0.5, 0.6) is 0 Å². The highest BCUT2D eigenvalue weighted by Crippen LogP contribution is 2.26. The number of anilines is 2. The van der Waals surface area contributed by atoms with Crippen LogP contribution in [0.1, 0.15) is 30.1 Å². The fourth-order valence-corrected chi connectivity index (χ4v) is 5.43. The smallest absolute Gasteiger partial charge is 0.243 e. The van der Waals surface area contributed by atoms with E-state index in [0.29, 0.717) is 37.0 Å². The maximum absolute atomic E-state index is 13.2. The third kappa shape index (κ3) is 5.08. The number of hydrogen-bond acceptors (Lipinski definition) is 6. The lowest BCUT2D eigenvalue weighted by Gasteiger charge is -2.32. The number of piperidine rings is 1. The summed E-state index contributed by atoms with van der Waals surface area (Å²) in [4.78, 5) is 9.08. The molecule has 8 nitrogen and oxygen atoms in total. The van der Waals surface area contributed by atoms with Gasteiger partial charge in [0.05, 0.1) is 4.90 Å². The van der Waals surface area contributed by atoms with Crippen LogP contribution in [-0.2, 0) is 16.4 Å². The zero-order valence-corrected chi connectivity index (χ0v) is 18.3. The largest absolute Gasteiger partial charge is 0.323 e. The second kappa shape index (κ2) is 8.72. The number of nitrogens with one attached hydrogen (secondary N) is 2. The first-order valence-corrected chi connectivity index (χ1v) is 11.6. The van der Waals surface area contributed by atoms with Crippen LogP contribution in [0.3, 0.4) is 0 Å². The SMILES string of the molecule is Cc1nc(C[C@H]2CCCN(S(=O)(=O)c3ccc(F)cc3)C2)cc(Nc2cc(C)[nH]n2)n1. The van der Waals surface area contributed by atoms with Crippen molar-refractivity contribution in [3.8, 4) is 0 Å². The number of hydrogen-bond donors (Lipinski definition) is 2. The van der Waals surface area contributed by atoms with E-state index in [1.54, 1.807) is 0 Å². The molecule has 0 unspecified atom stereocenters. The summed E-state index contributed by atoms with van der Waals surface area (Å²) < 4.78 is 40.6. The molecule has 10 heteroatoms. The first-order chi connectivity index (χ1) is 14.8. The number of nitrogens with zero attached hydrogens (tertiary/aromatic N) is 4. The molecular weight excluding hydrogens is 419 g/mol. The summed E-state index contributed by atoms with van der Waals surface area (Å²) in [6.07, 6.45) is 2.33. The van der Waals surface area contributed by atoms with Gasteiger partial charge in [0.1, 0.15) is 17.5 Å². The standard InChI is InChI=1S/C21H25FN6O2S/c1-14-10-21(27-26-14)25-20-12-18(23-15(2)24-20)11-16-4-3-9-28(13-16)31(29,30)19-7-5-17(22)6-8-19/h5-8,10,12,16H,3-4,9,11,13H2,1-2H3,(H2,23,24,25,26,27)/t16-/m1/s1. The van der Waals surface area contributed by atoms with E-state index in [2.05, 4.69) is 25.5 Å². The molecule has 2 aromatic heterocycles. The molecule has 1 aliphatic rings. The van der Waals surface area contributed by atoms with Gasteiger partial charge in [-0.05, 0) is 63.3 Å². The van der Waals surface area contributed by atoms with E-state index in [0.717, 1.165) is 24.2 Å². The van der Waals surface area contributed by atoms with Gasteiger partial charge in [-0.3, -0.25) is 5.10 Å². The first kappa shape index (κ1) is 21.4.